The molecule has 1 aromatic carbocycles. The van der Waals surface area contributed by atoms with Crippen LogP contribution in [0.3, 0.4) is 0 Å². The van der Waals surface area contributed by atoms with Crippen molar-refractivity contribution in [1.82, 2.24) is 0 Å². The van der Waals surface area contributed by atoms with E-state index >= 15 is 0 Å². The average Bonchev–Trinajstić information content (AvgIpc) is 3.05. The number of thioether (sulfide) groups is 1. The summed E-state index contributed by atoms with van der Waals surface area (Å²) in [6, 6.07) is 9.24. The van der Waals surface area contributed by atoms with Crippen molar-refractivity contribution < 1.29 is 0 Å². The van der Waals surface area contributed by atoms with Crippen LogP contribution in [0.4, 0.5) is 0 Å². The van der Waals surface area contributed by atoms with Crippen molar-refractivity contribution in [2.45, 2.75) is 42.4 Å². The highest BCUT2D eigenvalue weighted by Gasteiger charge is 2.55. The standard InChI is InChI=1S/C14H18S/c1-15-13-7-4-6-11(9-13)14-8-3-2-5-12(14)10-14/h4,6-7,9,12H,2-3,5,8,10H2,1H3/t12?,14-/m0/s1. The van der Waals surface area contributed by atoms with Gasteiger partial charge in [-0.05, 0) is 54.5 Å². The topological polar surface area (TPSA) is 0 Å². The van der Waals surface area contributed by atoms with Crippen LogP contribution in [0, 0.1) is 5.92 Å². The fourth-order valence-corrected chi connectivity index (χ4v) is 3.79. The summed E-state index contributed by atoms with van der Waals surface area (Å²) in [6.07, 6.45) is 9.46. The summed E-state index contributed by atoms with van der Waals surface area (Å²) in [5, 5.41) is 0. The number of benzene rings is 1. The molecule has 2 saturated carbocycles. The Balaban J connectivity index is 1.92. The molecule has 0 radical (unpaired) electrons. The van der Waals surface area contributed by atoms with Crippen LogP contribution >= 0.6 is 11.8 Å². The summed E-state index contributed by atoms with van der Waals surface area (Å²) in [7, 11) is 0. The molecule has 0 amide bonds. The molecular formula is C14H18S. The summed E-state index contributed by atoms with van der Waals surface area (Å²) < 4.78 is 0. The van der Waals surface area contributed by atoms with Gasteiger partial charge in [0.05, 0.1) is 0 Å². The van der Waals surface area contributed by atoms with Crippen molar-refractivity contribution in [2.24, 2.45) is 5.92 Å². The van der Waals surface area contributed by atoms with Gasteiger partial charge < -0.3 is 0 Å². The molecule has 2 fully saturated rings. The number of fused-ring (bicyclic) bond motifs is 1. The highest BCUT2D eigenvalue weighted by molar-refractivity contribution is 7.98. The van der Waals surface area contributed by atoms with E-state index < -0.39 is 0 Å². The first-order chi connectivity index (χ1) is 7.35. The molecule has 2 aliphatic rings. The lowest BCUT2D eigenvalue weighted by Crippen LogP contribution is -2.14. The fraction of sp³-hybridized carbons (Fsp3) is 0.571. The maximum Gasteiger partial charge on any atom is 0.00720 e. The van der Waals surface area contributed by atoms with E-state index in [9.17, 15) is 0 Å². The Morgan fingerprint density at radius 2 is 2.27 bits per heavy atom. The smallest absolute Gasteiger partial charge is 0.00720 e. The summed E-state index contributed by atoms with van der Waals surface area (Å²) >= 11 is 1.86. The normalized spacial score (nSPS) is 33.5. The van der Waals surface area contributed by atoms with Crippen LogP contribution < -0.4 is 0 Å². The van der Waals surface area contributed by atoms with Gasteiger partial charge in [-0.25, -0.2) is 0 Å². The quantitative estimate of drug-likeness (QED) is 0.669. The molecule has 3 rings (SSSR count). The van der Waals surface area contributed by atoms with Crippen molar-refractivity contribution in [3.8, 4) is 0 Å². The molecule has 0 aliphatic heterocycles. The molecule has 0 aromatic heterocycles. The summed E-state index contributed by atoms with van der Waals surface area (Å²) in [5.74, 6) is 1.02. The average molecular weight is 218 g/mol. The Bertz CT molecular complexity index is 371. The molecule has 2 atom stereocenters. The van der Waals surface area contributed by atoms with Crippen LogP contribution in [-0.4, -0.2) is 6.26 Å². The minimum absolute atomic E-state index is 0.615. The first-order valence-electron chi connectivity index (χ1n) is 6.00. The number of hydrogen-bond donors (Lipinski definition) is 0. The third kappa shape index (κ3) is 1.52. The van der Waals surface area contributed by atoms with Gasteiger partial charge in [0.25, 0.3) is 0 Å². The highest BCUT2D eigenvalue weighted by atomic mass is 32.2. The number of rotatable bonds is 2. The third-order valence-electron chi connectivity index (χ3n) is 4.30. The fourth-order valence-electron chi connectivity index (χ4n) is 3.33. The van der Waals surface area contributed by atoms with Gasteiger partial charge in [-0.15, -0.1) is 11.8 Å². The second-order valence-electron chi connectivity index (χ2n) is 5.03. The van der Waals surface area contributed by atoms with Gasteiger partial charge in [0.1, 0.15) is 0 Å². The second kappa shape index (κ2) is 3.55. The molecule has 0 nitrogen and oxygen atoms in total. The maximum absolute atomic E-state index is 2.43. The van der Waals surface area contributed by atoms with Gasteiger partial charge in [0, 0.05) is 4.90 Å². The van der Waals surface area contributed by atoms with Gasteiger partial charge in [-0.3, -0.25) is 0 Å². The molecular weight excluding hydrogens is 200 g/mol. The van der Waals surface area contributed by atoms with E-state index in [1.165, 1.54) is 37.0 Å². The highest BCUT2D eigenvalue weighted by Crippen LogP contribution is 2.62. The second-order valence-corrected chi connectivity index (χ2v) is 5.91. The van der Waals surface area contributed by atoms with E-state index in [-0.39, 0.29) is 0 Å². The van der Waals surface area contributed by atoms with E-state index in [1.54, 1.807) is 5.56 Å². The lowest BCUT2D eigenvalue weighted by atomic mass is 9.83. The Morgan fingerprint density at radius 1 is 1.33 bits per heavy atom. The molecule has 1 aromatic rings. The zero-order chi connectivity index (χ0) is 10.3. The molecule has 1 unspecified atom stereocenters. The van der Waals surface area contributed by atoms with Gasteiger partial charge >= 0.3 is 0 Å². The largest absolute Gasteiger partial charge is 0.130 e. The van der Waals surface area contributed by atoms with Crippen LogP contribution in [0.15, 0.2) is 29.2 Å². The minimum Gasteiger partial charge on any atom is -0.130 e. The first kappa shape index (κ1) is 9.77. The van der Waals surface area contributed by atoms with Crippen molar-refractivity contribution in [1.29, 1.82) is 0 Å². The molecule has 0 bridgehead atoms. The summed E-state index contributed by atoms with van der Waals surface area (Å²) in [6.45, 7) is 0. The summed E-state index contributed by atoms with van der Waals surface area (Å²) in [5.41, 5.74) is 2.24. The van der Waals surface area contributed by atoms with Crippen LogP contribution in [0.25, 0.3) is 0 Å². The molecule has 0 heterocycles. The third-order valence-corrected chi connectivity index (χ3v) is 5.03. The SMILES string of the molecule is CSc1cccc([C@@]23CCCCC2C3)c1. The molecule has 0 spiro atoms. The number of hydrogen-bond acceptors (Lipinski definition) is 1. The Labute approximate surface area is 96.5 Å². The van der Waals surface area contributed by atoms with Gasteiger partial charge in [0.15, 0.2) is 0 Å². The predicted octanol–water partition coefficient (Wildman–Crippen LogP) is 4.24. The van der Waals surface area contributed by atoms with Gasteiger partial charge in [-0.2, -0.15) is 0 Å². The monoisotopic (exact) mass is 218 g/mol. The lowest BCUT2D eigenvalue weighted by Gasteiger charge is -2.22. The molecule has 0 saturated heterocycles. The van der Waals surface area contributed by atoms with Crippen LogP contribution in [-0.2, 0) is 5.41 Å². The van der Waals surface area contributed by atoms with Crippen LogP contribution in [0.2, 0.25) is 0 Å². The van der Waals surface area contributed by atoms with Crippen LogP contribution in [0.5, 0.6) is 0 Å². The molecule has 15 heavy (non-hydrogen) atoms. The lowest BCUT2D eigenvalue weighted by molar-refractivity contribution is 0.428. The Kier molecular flexibility index (Phi) is 2.31. The van der Waals surface area contributed by atoms with E-state index in [0.29, 0.717) is 5.41 Å². The Hall–Kier alpha value is -0.430. The predicted molar refractivity (Wildman–Crippen MR) is 66.5 cm³/mol. The van der Waals surface area contributed by atoms with Crippen molar-refractivity contribution in [3.63, 3.8) is 0 Å². The Morgan fingerprint density at radius 3 is 3.07 bits per heavy atom. The van der Waals surface area contributed by atoms with E-state index in [2.05, 4.69) is 30.5 Å². The van der Waals surface area contributed by atoms with E-state index in [4.69, 9.17) is 0 Å². The van der Waals surface area contributed by atoms with Crippen molar-refractivity contribution in [3.05, 3.63) is 29.8 Å². The van der Waals surface area contributed by atoms with Crippen molar-refractivity contribution in [2.75, 3.05) is 6.26 Å². The van der Waals surface area contributed by atoms with Gasteiger partial charge in [-0.1, -0.05) is 25.0 Å². The molecule has 1 heteroatoms. The molecule has 2 aliphatic carbocycles. The molecule has 80 valence electrons. The molecule has 0 N–H and O–H groups in total. The zero-order valence-electron chi connectivity index (χ0n) is 9.33. The first-order valence-corrected chi connectivity index (χ1v) is 7.22. The van der Waals surface area contributed by atoms with Crippen molar-refractivity contribution >= 4 is 11.8 Å². The van der Waals surface area contributed by atoms with Crippen LogP contribution in [0.1, 0.15) is 37.7 Å². The maximum atomic E-state index is 2.43. The van der Waals surface area contributed by atoms with E-state index in [0.717, 1.165) is 5.92 Å². The van der Waals surface area contributed by atoms with E-state index in [1.807, 2.05) is 11.8 Å². The minimum atomic E-state index is 0.615. The summed E-state index contributed by atoms with van der Waals surface area (Å²) in [4.78, 5) is 1.43. The zero-order valence-corrected chi connectivity index (χ0v) is 10.1. The van der Waals surface area contributed by atoms with Gasteiger partial charge in [0.2, 0.25) is 0 Å².